The first-order valence-electron chi connectivity index (χ1n) is 8.23. The molecule has 182 valence electrons. The minimum Gasteiger partial charge on any atom is -0.481 e. The van der Waals surface area contributed by atoms with Crippen LogP contribution in [0.2, 0.25) is 0 Å². The molecule has 0 atom stereocenters. The predicted molar refractivity (Wildman–Crippen MR) is 98.7 cm³/mol. The molecule has 0 bridgehead atoms. The monoisotopic (exact) mass is 486 g/mol. The number of nitrogens with two attached hydrogens (primary N) is 2. The largest absolute Gasteiger partial charge is 0.481 e. The molecule has 0 saturated heterocycles. The van der Waals surface area contributed by atoms with Crippen molar-refractivity contribution in [2.24, 2.45) is 0 Å². The smallest absolute Gasteiger partial charge is 0.421 e. The molecule has 16 heteroatoms. The number of anilines is 2. The Labute approximate surface area is 181 Å². The van der Waals surface area contributed by atoms with Gasteiger partial charge in [-0.3, -0.25) is 0 Å². The van der Waals surface area contributed by atoms with Gasteiger partial charge in [-0.2, -0.15) is 26.3 Å². The maximum absolute atomic E-state index is 12.5. The molecule has 0 radical (unpaired) electrons. The molecule has 0 spiro atoms. The number of hydrogen-bond acceptors (Lipinski definition) is 9. The molecule has 0 aromatic carbocycles. The average molecular weight is 486 g/mol. The van der Waals surface area contributed by atoms with Crippen molar-refractivity contribution < 1.29 is 55.2 Å². The Morgan fingerprint density at radius 2 is 1.18 bits per heavy atom. The maximum atomic E-state index is 12.5. The first-order valence-corrected chi connectivity index (χ1v) is 8.23. The van der Waals surface area contributed by atoms with Gasteiger partial charge >= 0.3 is 24.3 Å². The van der Waals surface area contributed by atoms with Crippen LogP contribution in [0, 0.1) is 0 Å². The van der Waals surface area contributed by atoms with Gasteiger partial charge in [-0.15, -0.1) is 0 Å². The maximum Gasteiger partial charge on any atom is 0.421 e. The lowest BCUT2D eigenvalue weighted by Crippen LogP contribution is -2.15. The van der Waals surface area contributed by atoms with E-state index in [2.05, 4.69) is 24.2 Å². The standard InChI is InChI=1S/C9H9F3N2O3.C8H7F3N2O3/c1-16-7-4(9(10,11)12)3-5(13)6(14-7)8(15)17-2;1-16-6-3(8(9,10)11)2-4(12)5(13-6)7(14)15/h3H,13H2,1-2H3;2H,12H2,1H3,(H,14,15). The Morgan fingerprint density at radius 3 is 1.48 bits per heavy atom. The number of carbonyl (C=O) groups is 2. The van der Waals surface area contributed by atoms with Gasteiger partial charge in [-0.25, -0.2) is 19.6 Å². The summed E-state index contributed by atoms with van der Waals surface area (Å²) in [5.41, 5.74) is 5.99. The van der Waals surface area contributed by atoms with Crippen LogP contribution in [0.25, 0.3) is 0 Å². The van der Waals surface area contributed by atoms with Crippen molar-refractivity contribution in [1.29, 1.82) is 0 Å². The lowest BCUT2D eigenvalue weighted by Gasteiger charge is -2.13. The van der Waals surface area contributed by atoms with Crippen LogP contribution in [-0.2, 0) is 17.1 Å². The minimum absolute atomic E-state index is 0.419. The predicted octanol–water partition coefficient (Wildman–Crippen LogP) is 2.87. The second-order valence-corrected chi connectivity index (χ2v) is 5.76. The highest BCUT2D eigenvalue weighted by Crippen LogP contribution is 2.37. The Hall–Kier alpha value is -3.98. The highest BCUT2D eigenvalue weighted by Gasteiger charge is 2.37. The number of nitrogens with zero attached hydrogens (tertiary/aromatic N) is 2. The van der Waals surface area contributed by atoms with Crippen LogP contribution >= 0.6 is 0 Å². The number of esters is 1. The van der Waals surface area contributed by atoms with Crippen LogP contribution in [0.5, 0.6) is 11.8 Å². The van der Waals surface area contributed by atoms with Crippen molar-refractivity contribution >= 4 is 23.3 Å². The lowest BCUT2D eigenvalue weighted by atomic mass is 10.2. The number of aromatic carboxylic acids is 1. The molecule has 0 aliphatic heterocycles. The van der Waals surface area contributed by atoms with Crippen LogP contribution in [0.4, 0.5) is 37.7 Å². The fraction of sp³-hybridized carbons (Fsp3) is 0.294. The number of carboxylic acids is 1. The van der Waals surface area contributed by atoms with E-state index in [4.69, 9.17) is 16.6 Å². The van der Waals surface area contributed by atoms with E-state index in [1.807, 2.05) is 0 Å². The third-order valence-corrected chi connectivity index (χ3v) is 3.61. The molecule has 0 amide bonds. The molecule has 0 aliphatic rings. The average Bonchev–Trinajstić information content (AvgIpc) is 2.71. The first kappa shape index (κ1) is 27.1. The molecule has 2 heterocycles. The van der Waals surface area contributed by atoms with Crippen LogP contribution in [-0.4, -0.2) is 48.3 Å². The summed E-state index contributed by atoms with van der Waals surface area (Å²) in [6, 6.07) is 1.06. The van der Waals surface area contributed by atoms with Crippen molar-refractivity contribution in [3.63, 3.8) is 0 Å². The Bertz CT molecular complexity index is 1040. The van der Waals surface area contributed by atoms with Gasteiger partial charge in [0.2, 0.25) is 11.8 Å². The Morgan fingerprint density at radius 1 is 0.818 bits per heavy atom. The van der Waals surface area contributed by atoms with Gasteiger partial charge in [0.1, 0.15) is 11.1 Å². The third-order valence-electron chi connectivity index (χ3n) is 3.61. The lowest BCUT2D eigenvalue weighted by molar-refractivity contribution is -0.139. The summed E-state index contributed by atoms with van der Waals surface area (Å²) in [6.45, 7) is 0. The Balaban J connectivity index is 0.000000331. The van der Waals surface area contributed by atoms with E-state index in [-0.39, 0.29) is 0 Å². The highest BCUT2D eigenvalue weighted by atomic mass is 19.4. The molecule has 0 unspecified atom stereocenters. The van der Waals surface area contributed by atoms with E-state index >= 15 is 0 Å². The molecule has 2 aromatic rings. The van der Waals surface area contributed by atoms with Crippen molar-refractivity contribution in [3.05, 3.63) is 34.6 Å². The van der Waals surface area contributed by atoms with Crippen molar-refractivity contribution in [1.82, 2.24) is 9.97 Å². The van der Waals surface area contributed by atoms with Gasteiger partial charge in [-0.05, 0) is 12.1 Å². The molecule has 0 fully saturated rings. The topological polar surface area (TPSA) is 160 Å². The number of carbonyl (C=O) groups excluding carboxylic acids is 1. The molecule has 5 N–H and O–H groups in total. The van der Waals surface area contributed by atoms with Crippen molar-refractivity contribution in [3.8, 4) is 11.8 Å². The van der Waals surface area contributed by atoms with Gasteiger partial charge < -0.3 is 30.8 Å². The fourth-order valence-corrected chi connectivity index (χ4v) is 2.17. The van der Waals surface area contributed by atoms with E-state index < -0.39 is 69.9 Å². The van der Waals surface area contributed by atoms with E-state index in [0.717, 1.165) is 21.3 Å². The van der Waals surface area contributed by atoms with Crippen LogP contribution in [0.1, 0.15) is 32.1 Å². The zero-order chi connectivity index (χ0) is 25.7. The summed E-state index contributed by atoms with van der Waals surface area (Å²) >= 11 is 0. The first-order chi connectivity index (χ1) is 15.1. The van der Waals surface area contributed by atoms with Gasteiger partial charge in [0.15, 0.2) is 11.4 Å². The zero-order valence-electron chi connectivity index (χ0n) is 17.0. The van der Waals surface area contributed by atoms with Crippen LogP contribution in [0.3, 0.4) is 0 Å². The summed E-state index contributed by atoms with van der Waals surface area (Å²) < 4.78 is 88.0. The number of aromatic nitrogens is 2. The van der Waals surface area contributed by atoms with Crippen LogP contribution in [0.15, 0.2) is 12.1 Å². The number of rotatable bonds is 4. The second kappa shape index (κ2) is 10.1. The number of halogens is 6. The molecular weight excluding hydrogens is 470 g/mol. The van der Waals surface area contributed by atoms with Crippen molar-refractivity contribution in [2.75, 3.05) is 32.8 Å². The molecular formula is C17H16F6N4O6. The third kappa shape index (κ3) is 6.50. The summed E-state index contributed by atoms with van der Waals surface area (Å²) in [6.07, 6.45) is -9.37. The summed E-state index contributed by atoms with van der Waals surface area (Å²) in [7, 11) is 3.03. The number of nitrogen functional groups attached to an aromatic ring is 2. The van der Waals surface area contributed by atoms with E-state index in [1.54, 1.807) is 0 Å². The molecule has 0 saturated carbocycles. The highest BCUT2D eigenvalue weighted by molar-refractivity contribution is 5.93. The normalized spacial score (nSPS) is 11.2. The Kier molecular flexibility index (Phi) is 8.27. The quantitative estimate of drug-likeness (QED) is 0.433. The summed E-state index contributed by atoms with van der Waals surface area (Å²) in [5, 5.41) is 8.60. The zero-order valence-corrected chi connectivity index (χ0v) is 17.0. The van der Waals surface area contributed by atoms with Gasteiger partial charge in [0.25, 0.3) is 0 Å². The van der Waals surface area contributed by atoms with E-state index in [9.17, 15) is 35.9 Å². The molecule has 33 heavy (non-hydrogen) atoms. The second-order valence-electron chi connectivity index (χ2n) is 5.76. The minimum atomic E-state index is -4.70. The SMILES string of the molecule is COC(=O)c1nc(OC)c(C(F)(F)F)cc1N.COc1nc(C(=O)O)c(N)cc1C(F)(F)F. The van der Waals surface area contributed by atoms with Gasteiger partial charge in [-0.1, -0.05) is 0 Å². The van der Waals surface area contributed by atoms with Gasteiger partial charge in [0, 0.05) is 0 Å². The number of ether oxygens (including phenoxy) is 3. The summed E-state index contributed by atoms with van der Waals surface area (Å²) in [5.74, 6) is -4.01. The number of hydrogen-bond donors (Lipinski definition) is 3. The summed E-state index contributed by atoms with van der Waals surface area (Å²) in [4.78, 5) is 28.3. The molecule has 0 aliphatic carbocycles. The van der Waals surface area contributed by atoms with Crippen LogP contribution < -0.4 is 20.9 Å². The van der Waals surface area contributed by atoms with Gasteiger partial charge in [0.05, 0.1) is 32.7 Å². The van der Waals surface area contributed by atoms with E-state index in [1.165, 1.54) is 0 Å². The number of pyridine rings is 2. The molecule has 10 nitrogen and oxygen atoms in total. The molecule has 2 aromatic heterocycles. The number of methoxy groups -OCH3 is 3. The number of carboxylic acid groups (broad SMARTS) is 1. The van der Waals surface area contributed by atoms with E-state index in [0.29, 0.717) is 12.1 Å². The number of alkyl halides is 6. The molecule has 2 rings (SSSR count). The fourth-order valence-electron chi connectivity index (χ4n) is 2.17. The van der Waals surface area contributed by atoms with Crippen molar-refractivity contribution in [2.45, 2.75) is 12.4 Å².